The molecule has 6 heteroatoms. The van der Waals surface area contributed by atoms with E-state index in [1.807, 2.05) is 42.7 Å². The minimum atomic E-state index is -0.495. The maximum absolute atomic E-state index is 10.3. The molecule has 28 heavy (non-hydrogen) atoms. The first kappa shape index (κ1) is 20.6. The second-order valence-corrected chi connectivity index (χ2v) is 7.24. The number of β-amino-alcohol motifs (C(OH)–C–C–N with tert-alkyl or cyclic N) is 1. The number of hydrogen-bond acceptors (Lipinski definition) is 6. The number of aliphatic hydroxyl groups is 1. The van der Waals surface area contributed by atoms with Crippen LogP contribution >= 0.6 is 0 Å². The number of methoxy groups -OCH3 is 1. The summed E-state index contributed by atoms with van der Waals surface area (Å²) in [6, 6.07) is 10.0. The topological polar surface area (TPSA) is 66.8 Å². The Labute approximate surface area is 167 Å². The zero-order valence-corrected chi connectivity index (χ0v) is 16.6. The summed E-state index contributed by atoms with van der Waals surface area (Å²) in [5.74, 6) is 1.37. The zero-order chi connectivity index (χ0) is 19.6. The summed E-state index contributed by atoms with van der Waals surface area (Å²) in [5, 5.41) is 13.7. The molecule has 3 rings (SSSR count). The van der Waals surface area contributed by atoms with E-state index in [0.29, 0.717) is 18.0 Å². The number of aliphatic hydroxyl groups excluding tert-OH is 1. The van der Waals surface area contributed by atoms with Crippen molar-refractivity contribution in [1.82, 2.24) is 15.2 Å². The second-order valence-electron chi connectivity index (χ2n) is 7.24. The van der Waals surface area contributed by atoms with E-state index in [1.165, 1.54) is 18.4 Å². The van der Waals surface area contributed by atoms with Crippen LogP contribution in [0.5, 0.6) is 11.5 Å². The fourth-order valence-corrected chi connectivity index (χ4v) is 3.46. The lowest BCUT2D eigenvalue weighted by molar-refractivity contribution is 0.0746. The molecular weight excluding hydrogens is 354 g/mol. The smallest absolute Gasteiger partial charge is 0.161 e. The third kappa shape index (κ3) is 6.48. The Kier molecular flexibility index (Phi) is 8.08. The van der Waals surface area contributed by atoms with Gasteiger partial charge in [-0.2, -0.15) is 0 Å². The molecule has 6 nitrogen and oxygen atoms in total. The standard InChI is InChI=1S/C22H31N3O3/c1-27-21-5-4-19(15-24-11-8-18-6-9-23-10-7-18)14-22(21)28-17-20(26)16-25-12-2-3-13-25/h4-7,9-10,14,20,24,26H,2-3,8,11-13,15-17H2,1H3. The number of nitrogens with zero attached hydrogens (tertiary/aromatic N) is 2. The van der Waals surface area contributed by atoms with Gasteiger partial charge < -0.3 is 24.8 Å². The third-order valence-electron chi connectivity index (χ3n) is 5.00. The van der Waals surface area contributed by atoms with Gasteiger partial charge in [0.05, 0.1) is 7.11 Å². The molecular formula is C22H31N3O3. The molecule has 1 aromatic carbocycles. The van der Waals surface area contributed by atoms with E-state index in [0.717, 1.165) is 38.2 Å². The Morgan fingerprint density at radius 2 is 1.89 bits per heavy atom. The molecule has 0 aliphatic carbocycles. The van der Waals surface area contributed by atoms with Gasteiger partial charge >= 0.3 is 0 Å². The molecule has 1 atom stereocenters. The van der Waals surface area contributed by atoms with Gasteiger partial charge in [0.1, 0.15) is 12.7 Å². The van der Waals surface area contributed by atoms with Crippen molar-refractivity contribution in [2.45, 2.75) is 31.9 Å². The Bertz CT molecular complexity index is 705. The van der Waals surface area contributed by atoms with E-state index in [2.05, 4.69) is 15.2 Å². The van der Waals surface area contributed by atoms with Crippen LogP contribution < -0.4 is 14.8 Å². The van der Waals surface area contributed by atoms with Gasteiger partial charge in [-0.3, -0.25) is 4.98 Å². The van der Waals surface area contributed by atoms with Gasteiger partial charge in [-0.1, -0.05) is 6.07 Å². The van der Waals surface area contributed by atoms with Gasteiger partial charge in [0, 0.05) is 25.5 Å². The lowest BCUT2D eigenvalue weighted by Gasteiger charge is -2.20. The molecule has 0 saturated carbocycles. The molecule has 1 aliphatic heterocycles. The molecule has 2 heterocycles. The average Bonchev–Trinajstić information content (AvgIpc) is 3.23. The van der Waals surface area contributed by atoms with Crippen LogP contribution in [0.2, 0.25) is 0 Å². The van der Waals surface area contributed by atoms with E-state index in [4.69, 9.17) is 9.47 Å². The molecule has 1 fully saturated rings. The van der Waals surface area contributed by atoms with Crippen LogP contribution in [0.25, 0.3) is 0 Å². The first-order valence-electron chi connectivity index (χ1n) is 10.0. The number of nitrogens with one attached hydrogen (secondary N) is 1. The Hall–Kier alpha value is -2.15. The van der Waals surface area contributed by atoms with E-state index in [1.54, 1.807) is 7.11 Å². The summed E-state index contributed by atoms with van der Waals surface area (Å²) < 4.78 is 11.3. The Morgan fingerprint density at radius 1 is 1.11 bits per heavy atom. The molecule has 1 aromatic heterocycles. The fraction of sp³-hybridized carbons (Fsp3) is 0.500. The predicted octanol–water partition coefficient (Wildman–Crippen LogP) is 2.26. The first-order chi connectivity index (χ1) is 13.7. The van der Waals surface area contributed by atoms with Crippen molar-refractivity contribution in [3.63, 3.8) is 0 Å². The lowest BCUT2D eigenvalue weighted by Crippen LogP contribution is -2.33. The van der Waals surface area contributed by atoms with Gasteiger partial charge in [0.25, 0.3) is 0 Å². The highest BCUT2D eigenvalue weighted by molar-refractivity contribution is 5.43. The van der Waals surface area contributed by atoms with Crippen molar-refractivity contribution in [3.05, 3.63) is 53.9 Å². The van der Waals surface area contributed by atoms with Crippen LogP contribution in [0.4, 0.5) is 0 Å². The Morgan fingerprint density at radius 3 is 2.64 bits per heavy atom. The summed E-state index contributed by atoms with van der Waals surface area (Å²) in [5.41, 5.74) is 2.40. The average molecular weight is 386 g/mol. The molecule has 0 spiro atoms. The SMILES string of the molecule is COc1ccc(CNCCc2ccncc2)cc1OCC(O)CN1CCCC1. The highest BCUT2D eigenvalue weighted by Crippen LogP contribution is 2.28. The minimum absolute atomic E-state index is 0.270. The summed E-state index contributed by atoms with van der Waals surface area (Å²) in [6.07, 6.45) is 6.55. The maximum Gasteiger partial charge on any atom is 0.161 e. The first-order valence-corrected chi connectivity index (χ1v) is 10.0. The maximum atomic E-state index is 10.3. The van der Waals surface area contributed by atoms with Crippen molar-refractivity contribution < 1.29 is 14.6 Å². The molecule has 0 bridgehead atoms. The molecule has 2 N–H and O–H groups in total. The normalized spacial score (nSPS) is 15.5. The minimum Gasteiger partial charge on any atom is -0.493 e. The van der Waals surface area contributed by atoms with Crippen LogP contribution in [-0.4, -0.2) is 61.0 Å². The van der Waals surface area contributed by atoms with Crippen LogP contribution in [-0.2, 0) is 13.0 Å². The van der Waals surface area contributed by atoms with Crippen LogP contribution in [0, 0.1) is 0 Å². The van der Waals surface area contributed by atoms with E-state index < -0.39 is 6.10 Å². The summed E-state index contributed by atoms with van der Waals surface area (Å²) >= 11 is 0. The number of pyridine rings is 1. The van der Waals surface area contributed by atoms with Crippen LogP contribution in [0.15, 0.2) is 42.7 Å². The zero-order valence-electron chi connectivity index (χ0n) is 16.6. The fourth-order valence-electron chi connectivity index (χ4n) is 3.46. The van der Waals surface area contributed by atoms with E-state index >= 15 is 0 Å². The van der Waals surface area contributed by atoms with Crippen molar-refractivity contribution in [3.8, 4) is 11.5 Å². The monoisotopic (exact) mass is 385 g/mol. The van der Waals surface area contributed by atoms with E-state index in [9.17, 15) is 5.11 Å². The van der Waals surface area contributed by atoms with Crippen molar-refractivity contribution in [2.24, 2.45) is 0 Å². The second kappa shape index (κ2) is 11.0. The molecule has 2 aromatic rings. The predicted molar refractivity (Wildman–Crippen MR) is 110 cm³/mol. The third-order valence-corrected chi connectivity index (χ3v) is 5.00. The molecule has 1 unspecified atom stereocenters. The summed E-state index contributed by atoms with van der Waals surface area (Å²) in [4.78, 5) is 6.32. The largest absolute Gasteiger partial charge is 0.493 e. The number of ether oxygens (including phenoxy) is 2. The summed E-state index contributed by atoms with van der Waals surface area (Å²) in [6.45, 7) is 4.72. The molecule has 1 saturated heterocycles. The Balaban J connectivity index is 1.46. The number of aromatic nitrogens is 1. The number of rotatable bonds is 11. The van der Waals surface area contributed by atoms with Gasteiger partial charge in [-0.15, -0.1) is 0 Å². The van der Waals surface area contributed by atoms with Crippen LogP contribution in [0.1, 0.15) is 24.0 Å². The quantitative estimate of drug-likeness (QED) is 0.579. The highest BCUT2D eigenvalue weighted by Gasteiger charge is 2.17. The van der Waals surface area contributed by atoms with Crippen molar-refractivity contribution in [2.75, 3.05) is 39.9 Å². The van der Waals surface area contributed by atoms with Gasteiger partial charge in [-0.05, 0) is 74.3 Å². The number of hydrogen-bond donors (Lipinski definition) is 2. The lowest BCUT2D eigenvalue weighted by atomic mass is 10.1. The number of benzene rings is 1. The van der Waals surface area contributed by atoms with Crippen LogP contribution in [0.3, 0.4) is 0 Å². The highest BCUT2D eigenvalue weighted by atomic mass is 16.5. The molecule has 152 valence electrons. The summed E-state index contributed by atoms with van der Waals surface area (Å²) in [7, 11) is 1.63. The van der Waals surface area contributed by atoms with Gasteiger partial charge in [0.15, 0.2) is 11.5 Å². The van der Waals surface area contributed by atoms with Gasteiger partial charge in [0.2, 0.25) is 0 Å². The van der Waals surface area contributed by atoms with Crippen molar-refractivity contribution in [1.29, 1.82) is 0 Å². The molecule has 0 radical (unpaired) electrons. The number of likely N-dealkylation sites (tertiary alicyclic amines) is 1. The molecule has 0 amide bonds. The van der Waals surface area contributed by atoms with Crippen molar-refractivity contribution >= 4 is 0 Å². The van der Waals surface area contributed by atoms with E-state index in [-0.39, 0.29) is 6.61 Å². The van der Waals surface area contributed by atoms with Gasteiger partial charge in [-0.25, -0.2) is 0 Å². The molecule has 1 aliphatic rings.